The minimum absolute atomic E-state index is 0.0548. The first-order chi connectivity index (χ1) is 16.0. The Morgan fingerprint density at radius 3 is 2.18 bits per heavy atom. The first kappa shape index (κ1) is 25.2. The Morgan fingerprint density at radius 2 is 1.65 bits per heavy atom. The second-order valence-electron chi connectivity index (χ2n) is 9.17. The molecule has 3 aromatic rings. The van der Waals surface area contributed by atoms with E-state index in [2.05, 4.69) is 35.8 Å². The fraction of sp³-hybridized carbons (Fsp3) is 0.308. The molecular formula is C26H31N3O4S. The lowest BCUT2D eigenvalue weighted by atomic mass is 9.87. The van der Waals surface area contributed by atoms with E-state index in [9.17, 15) is 13.2 Å². The van der Waals surface area contributed by atoms with Crippen LogP contribution in [-0.4, -0.2) is 25.4 Å². The number of ether oxygens (including phenoxy) is 1. The van der Waals surface area contributed by atoms with Crippen molar-refractivity contribution in [3.05, 3.63) is 78.0 Å². The Labute approximate surface area is 201 Å². The van der Waals surface area contributed by atoms with E-state index in [1.165, 1.54) is 6.20 Å². The van der Waals surface area contributed by atoms with Crippen LogP contribution >= 0.6 is 0 Å². The fourth-order valence-electron chi connectivity index (χ4n) is 3.04. The molecule has 3 rings (SSSR count). The lowest BCUT2D eigenvalue weighted by Gasteiger charge is -2.19. The third-order valence-electron chi connectivity index (χ3n) is 5.35. The summed E-state index contributed by atoms with van der Waals surface area (Å²) in [7, 11) is -3.71. The molecule has 1 amide bonds. The molecule has 0 saturated heterocycles. The molecule has 0 radical (unpaired) electrons. The molecule has 0 saturated carbocycles. The van der Waals surface area contributed by atoms with Gasteiger partial charge in [-0.2, -0.15) is 0 Å². The van der Waals surface area contributed by atoms with E-state index in [0.29, 0.717) is 22.9 Å². The van der Waals surface area contributed by atoms with E-state index in [4.69, 9.17) is 4.74 Å². The molecule has 0 fully saturated rings. The second-order valence-corrected chi connectivity index (χ2v) is 10.9. The number of amides is 1. The van der Waals surface area contributed by atoms with Crippen LogP contribution in [0.25, 0.3) is 0 Å². The van der Waals surface area contributed by atoms with Gasteiger partial charge in [-0.3, -0.25) is 9.52 Å². The fourth-order valence-corrected chi connectivity index (χ4v) is 4.10. The number of aromatic nitrogens is 1. The molecule has 1 aromatic heterocycles. The van der Waals surface area contributed by atoms with Gasteiger partial charge in [-0.25, -0.2) is 13.4 Å². The number of nitrogens with one attached hydrogen (secondary N) is 2. The van der Waals surface area contributed by atoms with Crippen LogP contribution in [0.1, 0.15) is 57.0 Å². The summed E-state index contributed by atoms with van der Waals surface area (Å²) in [5.41, 5.74) is 1.87. The number of nitrogens with zero attached hydrogens (tertiary/aromatic N) is 1. The number of pyridine rings is 1. The third kappa shape index (κ3) is 6.57. The van der Waals surface area contributed by atoms with E-state index in [-0.39, 0.29) is 22.3 Å². The number of carbonyl (C=O) groups excluding carboxylic acids is 1. The van der Waals surface area contributed by atoms with E-state index in [1.807, 2.05) is 26.0 Å². The molecule has 0 spiro atoms. The molecule has 1 atom stereocenters. The van der Waals surface area contributed by atoms with Crippen LogP contribution in [0.2, 0.25) is 0 Å². The molecule has 0 aliphatic heterocycles. The molecule has 8 heteroatoms. The van der Waals surface area contributed by atoms with Crippen LogP contribution in [0.5, 0.6) is 11.6 Å². The number of benzene rings is 2. The van der Waals surface area contributed by atoms with Crippen LogP contribution in [0, 0.1) is 0 Å². The number of anilines is 1. The van der Waals surface area contributed by atoms with Crippen LogP contribution in [0.15, 0.2) is 71.8 Å². The zero-order chi connectivity index (χ0) is 24.9. The number of sulfonamides is 1. The summed E-state index contributed by atoms with van der Waals surface area (Å²) >= 11 is 0. The van der Waals surface area contributed by atoms with E-state index < -0.39 is 10.0 Å². The molecule has 0 unspecified atom stereocenters. The van der Waals surface area contributed by atoms with Crippen molar-refractivity contribution in [3.8, 4) is 11.6 Å². The van der Waals surface area contributed by atoms with E-state index in [1.54, 1.807) is 48.5 Å². The smallest absolute Gasteiger partial charge is 0.261 e. The largest absolute Gasteiger partial charge is 0.439 e. The summed E-state index contributed by atoms with van der Waals surface area (Å²) in [6, 6.07) is 16.7. The quantitative estimate of drug-likeness (QED) is 0.443. The maximum Gasteiger partial charge on any atom is 0.261 e. The van der Waals surface area contributed by atoms with Gasteiger partial charge >= 0.3 is 0 Å². The van der Waals surface area contributed by atoms with Crippen molar-refractivity contribution in [3.63, 3.8) is 0 Å². The number of carbonyl (C=O) groups is 1. The Bertz CT molecular complexity index is 1220. The molecule has 2 N–H and O–H groups in total. The Hall–Kier alpha value is -3.39. The Kier molecular flexibility index (Phi) is 7.61. The number of hydrogen-bond donors (Lipinski definition) is 2. The zero-order valence-corrected chi connectivity index (χ0v) is 20.9. The van der Waals surface area contributed by atoms with E-state index in [0.717, 1.165) is 12.0 Å². The molecule has 7 nitrogen and oxygen atoms in total. The van der Waals surface area contributed by atoms with Gasteiger partial charge in [0.15, 0.2) is 0 Å². The minimum atomic E-state index is -3.71. The standard InChI is InChI=1S/C26H31N3O4S/c1-6-18(2)28-25(30)19-7-16-24(27-17-19)33-22-12-10-21(11-13-22)29-34(31,32)23-14-8-20(9-15-23)26(3,4)5/h7-18,29H,6H2,1-5H3,(H,28,30)/t18-/m0/s1. The summed E-state index contributed by atoms with van der Waals surface area (Å²) in [5, 5.41) is 2.88. The molecule has 1 heterocycles. The van der Waals surface area contributed by atoms with Crippen LogP contribution < -0.4 is 14.8 Å². The monoisotopic (exact) mass is 481 g/mol. The Balaban J connectivity index is 1.63. The highest BCUT2D eigenvalue weighted by molar-refractivity contribution is 7.92. The Morgan fingerprint density at radius 1 is 1.00 bits per heavy atom. The number of rotatable bonds is 8. The van der Waals surface area contributed by atoms with Crippen molar-refractivity contribution < 1.29 is 17.9 Å². The molecule has 34 heavy (non-hydrogen) atoms. The molecule has 180 valence electrons. The molecule has 2 aromatic carbocycles. The highest BCUT2D eigenvalue weighted by Gasteiger charge is 2.18. The van der Waals surface area contributed by atoms with Gasteiger partial charge in [0, 0.05) is 24.0 Å². The van der Waals surface area contributed by atoms with E-state index >= 15 is 0 Å². The summed E-state index contributed by atoms with van der Waals surface area (Å²) in [4.78, 5) is 16.5. The van der Waals surface area contributed by atoms with Crippen LogP contribution in [-0.2, 0) is 15.4 Å². The van der Waals surface area contributed by atoms with Crippen LogP contribution in [0.4, 0.5) is 5.69 Å². The summed E-state index contributed by atoms with van der Waals surface area (Å²) in [6.45, 7) is 10.2. The van der Waals surface area contributed by atoms with Gasteiger partial charge in [0.2, 0.25) is 5.88 Å². The maximum atomic E-state index is 12.7. The average molecular weight is 482 g/mol. The molecule has 0 aliphatic carbocycles. The van der Waals surface area contributed by atoms with Crippen molar-refractivity contribution in [2.45, 2.75) is 57.4 Å². The predicted molar refractivity (Wildman–Crippen MR) is 134 cm³/mol. The second kappa shape index (κ2) is 10.3. The van der Waals surface area contributed by atoms with Gasteiger partial charge in [-0.1, -0.05) is 39.8 Å². The van der Waals surface area contributed by atoms with Crippen molar-refractivity contribution in [2.24, 2.45) is 0 Å². The maximum absolute atomic E-state index is 12.7. The van der Waals surface area contributed by atoms with Gasteiger partial charge in [-0.15, -0.1) is 0 Å². The van der Waals surface area contributed by atoms with Gasteiger partial charge in [0.25, 0.3) is 15.9 Å². The number of hydrogen-bond acceptors (Lipinski definition) is 5. The summed E-state index contributed by atoms with van der Waals surface area (Å²) in [6.07, 6.45) is 2.30. The first-order valence-corrected chi connectivity index (χ1v) is 12.6. The van der Waals surface area contributed by atoms with Crippen molar-refractivity contribution in [1.29, 1.82) is 0 Å². The zero-order valence-electron chi connectivity index (χ0n) is 20.1. The highest BCUT2D eigenvalue weighted by Crippen LogP contribution is 2.26. The highest BCUT2D eigenvalue weighted by atomic mass is 32.2. The normalized spacial score (nSPS) is 12.6. The lowest BCUT2D eigenvalue weighted by Crippen LogP contribution is -2.31. The van der Waals surface area contributed by atoms with Gasteiger partial charge in [-0.05, 0) is 66.8 Å². The lowest BCUT2D eigenvalue weighted by molar-refractivity contribution is 0.0939. The van der Waals surface area contributed by atoms with Gasteiger partial charge in [0.05, 0.1) is 10.5 Å². The third-order valence-corrected chi connectivity index (χ3v) is 6.75. The van der Waals surface area contributed by atoms with Gasteiger partial charge < -0.3 is 10.1 Å². The average Bonchev–Trinajstić information content (AvgIpc) is 2.80. The van der Waals surface area contributed by atoms with Crippen LogP contribution in [0.3, 0.4) is 0 Å². The first-order valence-electron chi connectivity index (χ1n) is 11.2. The van der Waals surface area contributed by atoms with Crippen molar-refractivity contribution in [2.75, 3.05) is 4.72 Å². The van der Waals surface area contributed by atoms with Crippen molar-refractivity contribution in [1.82, 2.24) is 10.3 Å². The summed E-state index contributed by atoms with van der Waals surface area (Å²) in [5.74, 6) is 0.632. The minimum Gasteiger partial charge on any atom is -0.439 e. The summed E-state index contributed by atoms with van der Waals surface area (Å²) < 4.78 is 33.7. The molecular weight excluding hydrogens is 450 g/mol. The molecule has 0 aliphatic rings. The SMILES string of the molecule is CC[C@H](C)NC(=O)c1ccc(Oc2ccc(NS(=O)(=O)c3ccc(C(C)(C)C)cc3)cc2)nc1. The topological polar surface area (TPSA) is 97.4 Å². The predicted octanol–water partition coefficient (Wildman–Crippen LogP) is 5.50. The van der Waals surface area contributed by atoms with Gasteiger partial charge in [0.1, 0.15) is 5.75 Å². The molecule has 0 bridgehead atoms. The van der Waals surface area contributed by atoms with Crippen molar-refractivity contribution >= 4 is 21.6 Å².